The van der Waals surface area contributed by atoms with Crippen molar-refractivity contribution in [3.63, 3.8) is 0 Å². The number of ether oxygens (including phenoxy) is 3. The van der Waals surface area contributed by atoms with Crippen LogP contribution in [0.2, 0.25) is 0 Å². The highest BCUT2D eigenvalue weighted by atomic mass is 16.5. The average molecular weight is 493 g/mol. The van der Waals surface area contributed by atoms with E-state index in [-0.39, 0.29) is 23.8 Å². The predicted octanol–water partition coefficient (Wildman–Crippen LogP) is 6.58. The van der Waals surface area contributed by atoms with Gasteiger partial charge in [-0.3, -0.25) is 9.59 Å². The Balaban J connectivity index is 1.45. The van der Waals surface area contributed by atoms with Crippen molar-refractivity contribution in [2.24, 2.45) is 23.7 Å². The zero-order valence-electron chi connectivity index (χ0n) is 20.8. The van der Waals surface area contributed by atoms with Crippen molar-refractivity contribution in [1.29, 1.82) is 0 Å². The number of benzene rings is 4. The van der Waals surface area contributed by atoms with Gasteiger partial charge in [0.2, 0.25) is 0 Å². The predicted molar refractivity (Wildman–Crippen MR) is 143 cm³/mol. The van der Waals surface area contributed by atoms with Crippen LogP contribution in [-0.4, -0.2) is 25.7 Å². The number of allylic oxidation sites excluding steroid dienone is 2. The number of carbonyl (C=O) groups is 2. The van der Waals surface area contributed by atoms with E-state index in [1.165, 1.54) is 0 Å². The highest BCUT2D eigenvalue weighted by Gasteiger charge is 2.53. The van der Waals surface area contributed by atoms with Gasteiger partial charge in [0.05, 0.1) is 25.6 Å². The standard InChI is InChI=1S/C32H28O5/c1-3-36-31(33)29-21-16-17-22(18-21)30(29)32(34)37-26-15-7-11-20-9-5-13-24(28(20)26)23-12-4-8-19-10-6-14-25(35-2)27(19)23/h4-17,21-22,29-30H,3,18H2,1-2H3. The topological polar surface area (TPSA) is 61.8 Å². The van der Waals surface area contributed by atoms with Crippen molar-refractivity contribution in [2.45, 2.75) is 13.3 Å². The van der Waals surface area contributed by atoms with Crippen LogP contribution in [0.3, 0.4) is 0 Å². The van der Waals surface area contributed by atoms with Crippen LogP contribution in [0.4, 0.5) is 0 Å². The van der Waals surface area contributed by atoms with E-state index >= 15 is 0 Å². The summed E-state index contributed by atoms with van der Waals surface area (Å²) in [5.41, 5.74) is 1.95. The second-order valence-electron chi connectivity index (χ2n) is 9.70. The Kier molecular flexibility index (Phi) is 5.91. The molecule has 0 radical (unpaired) electrons. The van der Waals surface area contributed by atoms with Crippen LogP contribution in [0.15, 0.2) is 84.9 Å². The molecule has 0 spiro atoms. The molecule has 5 nitrogen and oxygen atoms in total. The maximum atomic E-state index is 13.6. The smallest absolute Gasteiger partial charge is 0.315 e. The fourth-order valence-electron chi connectivity index (χ4n) is 6.20. The third-order valence-corrected chi connectivity index (χ3v) is 7.74. The highest BCUT2D eigenvalue weighted by Crippen LogP contribution is 2.49. The molecule has 186 valence electrons. The Bertz CT molecular complexity index is 1540. The van der Waals surface area contributed by atoms with Crippen molar-refractivity contribution in [2.75, 3.05) is 13.7 Å². The lowest BCUT2D eigenvalue weighted by Crippen LogP contribution is -2.36. The average Bonchev–Trinajstić information content (AvgIpc) is 3.54. The molecule has 0 amide bonds. The van der Waals surface area contributed by atoms with Crippen LogP contribution in [0.5, 0.6) is 11.5 Å². The number of rotatable bonds is 6. The first-order valence-corrected chi connectivity index (χ1v) is 12.7. The van der Waals surface area contributed by atoms with Gasteiger partial charge >= 0.3 is 11.9 Å². The molecule has 2 aliphatic carbocycles. The zero-order valence-corrected chi connectivity index (χ0v) is 20.8. The number of esters is 2. The summed E-state index contributed by atoms with van der Waals surface area (Å²) in [6.07, 6.45) is 4.86. The molecule has 0 heterocycles. The van der Waals surface area contributed by atoms with Gasteiger partial charge < -0.3 is 14.2 Å². The van der Waals surface area contributed by atoms with Crippen LogP contribution in [-0.2, 0) is 14.3 Å². The van der Waals surface area contributed by atoms with Crippen molar-refractivity contribution < 1.29 is 23.8 Å². The summed E-state index contributed by atoms with van der Waals surface area (Å²) in [5.74, 6) is -0.467. The summed E-state index contributed by atoms with van der Waals surface area (Å²) in [7, 11) is 1.67. The van der Waals surface area contributed by atoms with Crippen molar-refractivity contribution in [3.05, 3.63) is 84.9 Å². The monoisotopic (exact) mass is 492 g/mol. The number of hydrogen-bond acceptors (Lipinski definition) is 5. The van der Waals surface area contributed by atoms with Gasteiger partial charge in [-0.2, -0.15) is 0 Å². The lowest BCUT2D eigenvalue weighted by atomic mass is 9.83. The van der Waals surface area contributed by atoms with Crippen molar-refractivity contribution in [1.82, 2.24) is 0 Å². The zero-order chi connectivity index (χ0) is 25.5. The molecule has 4 unspecified atom stereocenters. The Morgan fingerprint density at radius 1 is 0.730 bits per heavy atom. The van der Waals surface area contributed by atoms with Crippen LogP contribution < -0.4 is 9.47 Å². The van der Waals surface area contributed by atoms with Gasteiger partial charge in [0.15, 0.2) is 0 Å². The van der Waals surface area contributed by atoms with E-state index in [1.54, 1.807) is 14.0 Å². The van der Waals surface area contributed by atoms with Gasteiger partial charge in [0.1, 0.15) is 11.5 Å². The number of fused-ring (bicyclic) bond motifs is 4. The Morgan fingerprint density at radius 3 is 1.81 bits per heavy atom. The Labute approximate surface area is 215 Å². The van der Waals surface area contributed by atoms with Gasteiger partial charge in [0.25, 0.3) is 0 Å². The minimum absolute atomic E-state index is 0.0105. The maximum absolute atomic E-state index is 13.6. The molecule has 2 bridgehead atoms. The first-order chi connectivity index (χ1) is 18.1. The lowest BCUT2D eigenvalue weighted by Gasteiger charge is -2.25. The summed E-state index contributed by atoms with van der Waals surface area (Å²) in [6.45, 7) is 2.08. The van der Waals surface area contributed by atoms with Crippen LogP contribution >= 0.6 is 0 Å². The number of methoxy groups -OCH3 is 1. The van der Waals surface area contributed by atoms with E-state index in [1.807, 2.05) is 66.7 Å². The Morgan fingerprint density at radius 2 is 1.24 bits per heavy atom. The number of hydrogen-bond donors (Lipinski definition) is 0. The molecule has 1 fully saturated rings. The minimum Gasteiger partial charge on any atom is -0.496 e. The number of carbonyl (C=O) groups excluding carboxylic acids is 2. The molecule has 0 saturated heterocycles. The third kappa shape index (κ3) is 3.86. The van der Waals surface area contributed by atoms with Crippen LogP contribution in [0.1, 0.15) is 13.3 Å². The van der Waals surface area contributed by atoms with E-state index < -0.39 is 11.8 Å². The van der Waals surface area contributed by atoms with E-state index in [9.17, 15) is 9.59 Å². The molecule has 2 aliphatic rings. The fourth-order valence-corrected chi connectivity index (χ4v) is 6.20. The van der Waals surface area contributed by atoms with E-state index in [2.05, 4.69) is 18.2 Å². The second-order valence-corrected chi connectivity index (χ2v) is 9.70. The largest absolute Gasteiger partial charge is 0.496 e. The normalized spacial score (nSPS) is 21.9. The Hall–Kier alpha value is -4.12. The molecule has 4 atom stereocenters. The van der Waals surface area contributed by atoms with E-state index in [4.69, 9.17) is 14.2 Å². The van der Waals surface area contributed by atoms with Gasteiger partial charge in [-0.1, -0.05) is 72.8 Å². The molecule has 1 saturated carbocycles. The summed E-state index contributed by atoms with van der Waals surface area (Å²) >= 11 is 0. The summed E-state index contributed by atoms with van der Waals surface area (Å²) in [5, 5.41) is 3.88. The van der Waals surface area contributed by atoms with Crippen molar-refractivity contribution >= 4 is 33.5 Å². The van der Waals surface area contributed by atoms with E-state index in [0.29, 0.717) is 12.4 Å². The van der Waals surface area contributed by atoms with Gasteiger partial charge in [0, 0.05) is 10.8 Å². The molecule has 4 aromatic carbocycles. The quantitative estimate of drug-likeness (QED) is 0.173. The molecule has 0 aliphatic heterocycles. The van der Waals surface area contributed by atoms with E-state index in [0.717, 1.165) is 44.8 Å². The molecule has 0 N–H and O–H groups in total. The lowest BCUT2D eigenvalue weighted by molar-refractivity contribution is -0.156. The third-order valence-electron chi connectivity index (χ3n) is 7.74. The molecular weight excluding hydrogens is 464 g/mol. The van der Waals surface area contributed by atoms with Gasteiger partial charge in [-0.15, -0.1) is 0 Å². The SMILES string of the molecule is CCOC(=O)C1C2C=CC(C2)C1C(=O)Oc1cccc2cccc(-c3cccc4cccc(OC)c34)c12. The second kappa shape index (κ2) is 9.40. The molecule has 37 heavy (non-hydrogen) atoms. The summed E-state index contributed by atoms with van der Waals surface area (Å²) in [4.78, 5) is 26.4. The van der Waals surface area contributed by atoms with Crippen LogP contribution in [0.25, 0.3) is 32.7 Å². The van der Waals surface area contributed by atoms with Gasteiger partial charge in [-0.05, 0) is 59.2 Å². The van der Waals surface area contributed by atoms with Crippen molar-refractivity contribution in [3.8, 4) is 22.6 Å². The molecular formula is C32H28O5. The summed E-state index contributed by atoms with van der Waals surface area (Å²) in [6, 6.07) is 23.9. The molecule has 6 rings (SSSR count). The minimum atomic E-state index is -0.547. The fraction of sp³-hybridized carbons (Fsp3) is 0.250. The van der Waals surface area contributed by atoms with Gasteiger partial charge in [-0.25, -0.2) is 0 Å². The molecule has 5 heteroatoms. The maximum Gasteiger partial charge on any atom is 0.315 e. The molecule has 4 aromatic rings. The van der Waals surface area contributed by atoms with Crippen LogP contribution in [0, 0.1) is 23.7 Å². The molecule has 0 aromatic heterocycles. The summed E-state index contributed by atoms with van der Waals surface area (Å²) < 4.78 is 17.2. The highest BCUT2D eigenvalue weighted by molar-refractivity contribution is 6.10. The first kappa shape index (κ1) is 23.3. The first-order valence-electron chi connectivity index (χ1n) is 12.7.